The standard InChI is InChI=1S/C24H32O11/c1-15(25)31-14-20-21(32-16(2)26)22(33-17(3)27)23(34-18(4)28)24(35-20)30-12-8-11-29-13-19-9-6-5-7-10-19/h5-7,9-10,20-24H,8,11-14H2,1-4H3/t20-,21+,22+,23-,24-/m1/s1. The zero-order valence-electron chi connectivity index (χ0n) is 20.3. The summed E-state index contributed by atoms with van der Waals surface area (Å²) >= 11 is 0. The first-order valence-electron chi connectivity index (χ1n) is 11.2. The van der Waals surface area contributed by atoms with Crippen LogP contribution in [0.3, 0.4) is 0 Å². The molecule has 0 saturated carbocycles. The lowest BCUT2D eigenvalue weighted by Gasteiger charge is -2.44. The zero-order chi connectivity index (χ0) is 25.8. The summed E-state index contributed by atoms with van der Waals surface area (Å²) in [7, 11) is 0. The third-order valence-electron chi connectivity index (χ3n) is 4.77. The van der Waals surface area contributed by atoms with Gasteiger partial charge in [0.15, 0.2) is 24.6 Å². The number of rotatable bonds is 12. The van der Waals surface area contributed by atoms with E-state index >= 15 is 0 Å². The van der Waals surface area contributed by atoms with Crippen LogP contribution in [0.15, 0.2) is 30.3 Å². The van der Waals surface area contributed by atoms with Crippen molar-refractivity contribution in [1.29, 1.82) is 0 Å². The van der Waals surface area contributed by atoms with Crippen LogP contribution in [0.4, 0.5) is 0 Å². The first kappa shape index (κ1) is 28.2. The Bertz CT molecular complexity index is 841. The van der Waals surface area contributed by atoms with Crippen LogP contribution in [0, 0.1) is 0 Å². The maximum Gasteiger partial charge on any atom is 0.303 e. The minimum absolute atomic E-state index is 0.155. The zero-order valence-corrected chi connectivity index (χ0v) is 20.3. The van der Waals surface area contributed by atoms with E-state index < -0.39 is 54.6 Å². The van der Waals surface area contributed by atoms with Crippen molar-refractivity contribution in [2.75, 3.05) is 19.8 Å². The predicted molar refractivity (Wildman–Crippen MR) is 119 cm³/mol. The van der Waals surface area contributed by atoms with Crippen molar-refractivity contribution in [2.24, 2.45) is 0 Å². The van der Waals surface area contributed by atoms with Crippen LogP contribution in [0.25, 0.3) is 0 Å². The Morgan fingerprint density at radius 2 is 1.37 bits per heavy atom. The molecule has 1 aliphatic heterocycles. The average molecular weight is 497 g/mol. The molecule has 35 heavy (non-hydrogen) atoms. The van der Waals surface area contributed by atoms with Gasteiger partial charge >= 0.3 is 23.9 Å². The van der Waals surface area contributed by atoms with Crippen molar-refractivity contribution >= 4 is 23.9 Å². The molecule has 194 valence electrons. The van der Waals surface area contributed by atoms with E-state index in [4.69, 9.17) is 33.2 Å². The molecule has 0 aromatic heterocycles. The monoisotopic (exact) mass is 496 g/mol. The van der Waals surface area contributed by atoms with E-state index in [9.17, 15) is 19.2 Å². The van der Waals surface area contributed by atoms with Crippen LogP contribution in [0.2, 0.25) is 0 Å². The third kappa shape index (κ3) is 10.0. The van der Waals surface area contributed by atoms with E-state index in [0.717, 1.165) is 19.4 Å². The second kappa shape index (κ2) is 14.4. The van der Waals surface area contributed by atoms with Gasteiger partial charge < -0.3 is 33.2 Å². The Hall–Kier alpha value is -3.02. The lowest BCUT2D eigenvalue weighted by Crippen LogP contribution is -2.63. The van der Waals surface area contributed by atoms with Crippen LogP contribution in [0.1, 0.15) is 39.7 Å². The van der Waals surface area contributed by atoms with Gasteiger partial charge in [-0.1, -0.05) is 30.3 Å². The minimum Gasteiger partial charge on any atom is -0.463 e. The number of benzene rings is 1. The van der Waals surface area contributed by atoms with E-state index in [0.29, 0.717) is 19.6 Å². The molecule has 11 heteroatoms. The molecular formula is C24H32O11. The quantitative estimate of drug-likeness (QED) is 0.238. The van der Waals surface area contributed by atoms with Gasteiger partial charge in [-0.3, -0.25) is 19.2 Å². The van der Waals surface area contributed by atoms with E-state index in [1.165, 1.54) is 13.8 Å². The molecule has 0 aliphatic carbocycles. The molecule has 1 fully saturated rings. The molecule has 0 radical (unpaired) electrons. The Balaban J connectivity index is 2.09. The van der Waals surface area contributed by atoms with Gasteiger partial charge in [-0.25, -0.2) is 0 Å². The van der Waals surface area contributed by atoms with Crippen molar-refractivity contribution in [1.82, 2.24) is 0 Å². The summed E-state index contributed by atoms with van der Waals surface area (Å²) in [6.07, 6.45) is -5.45. The molecule has 0 unspecified atom stereocenters. The maximum atomic E-state index is 11.8. The number of ether oxygens (including phenoxy) is 7. The molecular weight excluding hydrogens is 464 g/mol. The highest BCUT2D eigenvalue weighted by molar-refractivity contribution is 5.68. The normalized spacial score (nSPS) is 23.7. The number of hydrogen-bond donors (Lipinski definition) is 0. The molecule has 1 aromatic rings. The minimum atomic E-state index is -1.26. The lowest BCUT2D eigenvalue weighted by atomic mass is 9.98. The molecule has 11 nitrogen and oxygen atoms in total. The Morgan fingerprint density at radius 3 is 1.97 bits per heavy atom. The number of hydrogen-bond acceptors (Lipinski definition) is 11. The summed E-state index contributed by atoms with van der Waals surface area (Å²) in [5, 5.41) is 0. The van der Waals surface area contributed by atoms with Crippen molar-refractivity contribution in [3.63, 3.8) is 0 Å². The number of carbonyl (C=O) groups excluding carboxylic acids is 4. The second-order valence-electron chi connectivity index (χ2n) is 7.83. The van der Waals surface area contributed by atoms with E-state index in [1.54, 1.807) is 0 Å². The summed E-state index contributed by atoms with van der Waals surface area (Å²) in [5.41, 5.74) is 1.04. The summed E-state index contributed by atoms with van der Waals surface area (Å²) < 4.78 is 38.3. The van der Waals surface area contributed by atoms with Crippen molar-refractivity contribution in [3.05, 3.63) is 35.9 Å². The van der Waals surface area contributed by atoms with Gasteiger partial charge in [0.2, 0.25) is 0 Å². The topological polar surface area (TPSA) is 133 Å². The van der Waals surface area contributed by atoms with E-state index in [1.807, 2.05) is 30.3 Å². The molecule has 0 bridgehead atoms. The smallest absolute Gasteiger partial charge is 0.303 e. The van der Waals surface area contributed by atoms with Crippen molar-refractivity contribution in [3.8, 4) is 0 Å². The van der Waals surface area contributed by atoms with E-state index in [2.05, 4.69) is 0 Å². The Labute approximate surface area is 203 Å². The Morgan fingerprint density at radius 1 is 0.771 bits per heavy atom. The summed E-state index contributed by atoms with van der Waals surface area (Å²) in [5.74, 6) is -2.67. The van der Waals surface area contributed by atoms with Crippen molar-refractivity contribution < 1.29 is 52.3 Å². The SMILES string of the molecule is CC(=O)OC[C@H]1O[C@@H](OCCCOCc2ccccc2)[C@H](OC(C)=O)[C@@H](OC(C)=O)[C@H]1OC(C)=O. The fourth-order valence-electron chi connectivity index (χ4n) is 3.45. The highest BCUT2D eigenvalue weighted by Crippen LogP contribution is 2.30. The predicted octanol–water partition coefficient (Wildman–Crippen LogP) is 1.69. The molecule has 2 rings (SSSR count). The van der Waals surface area contributed by atoms with Crippen LogP contribution in [-0.4, -0.2) is 74.4 Å². The van der Waals surface area contributed by atoms with Gasteiger partial charge in [0.05, 0.1) is 13.2 Å². The van der Waals surface area contributed by atoms with Crippen LogP contribution in [0.5, 0.6) is 0 Å². The third-order valence-corrected chi connectivity index (χ3v) is 4.77. The van der Waals surface area contributed by atoms with Gasteiger partial charge in [-0.2, -0.15) is 0 Å². The molecule has 1 heterocycles. The fourth-order valence-corrected chi connectivity index (χ4v) is 3.45. The molecule has 0 amide bonds. The fraction of sp³-hybridized carbons (Fsp3) is 0.583. The first-order valence-corrected chi connectivity index (χ1v) is 11.2. The second-order valence-corrected chi connectivity index (χ2v) is 7.83. The summed E-state index contributed by atoms with van der Waals surface area (Å²) in [4.78, 5) is 46.7. The maximum absolute atomic E-state index is 11.8. The van der Waals surface area contributed by atoms with E-state index in [-0.39, 0.29) is 13.2 Å². The highest BCUT2D eigenvalue weighted by atomic mass is 16.7. The van der Waals surface area contributed by atoms with Crippen molar-refractivity contribution in [2.45, 2.75) is 71.4 Å². The van der Waals surface area contributed by atoms with Gasteiger partial charge in [0, 0.05) is 34.3 Å². The molecule has 1 aliphatic rings. The molecule has 5 atom stereocenters. The Kier molecular flexibility index (Phi) is 11.6. The van der Waals surface area contributed by atoms with Crippen LogP contribution >= 0.6 is 0 Å². The number of carbonyl (C=O) groups is 4. The van der Waals surface area contributed by atoms with Crippen LogP contribution in [-0.2, 0) is 58.9 Å². The van der Waals surface area contributed by atoms with Gasteiger partial charge in [0.1, 0.15) is 12.7 Å². The average Bonchev–Trinajstić information content (AvgIpc) is 2.78. The molecule has 1 saturated heterocycles. The van der Waals surface area contributed by atoms with Gasteiger partial charge in [-0.05, 0) is 12.0 Å². The molecule has 0 spiro atoms. The van der Waals surface area contributed by atoms with Gasteiger partial charge in [0.25, 0.3) is 0 Å². The summed E-state index contributed by atoms with van der Waals surface area (Å²) in [6, 6.07) is 9.67. The van der Waals surface area contributed by atoms with Gasteiger partial charge in [-0.15, -0.1) is 0 Å². The highest BCUT2D eigenvalue weighted by Gasteiger charge is 2.52. The summed E-state index contributed by atoms with van der Waals surface area (Å²) in [6.45, 7) is 5.38. The molecule has 1 aromatic carbocycles. The first-order chi connectivity index (χ1) is 16.7. The molecule has 0 N–H and O–H groups in total. The lowest BCUT2D eigenvalue weighted by molar-refractivity contribution is -0.308. The number of esters is 4. The van der Waals surface area contributed by atoms with Crippen LogP contribution < -0.4 is 0 Å². The largest absolute Gasteiger partial charge is 0.463 e.